The summed E-state index contributed by atoms with van der Waals surface area (Å²) in [6, 6.07) is 5.42. The Balaban J connectivity index is 2.52. The van der Waals surface area contributed by atoms with E-state index in [9.17, 15) is 8.42 Å². The Kier molecular flexibility index (Phi) is 4.20. The predicted molar refractivity (Wildman–Crippen MR) is 79.6 cm³/mol. The molecule has 2 aromatic rings. The van der Waals surface area contributed by atoms with E-state index < -0.39 is 9.05 Å². The number of halogens is 2. The van der Waals surface area contributed by atoms with Gasteiger partial charge in [0, 0.05) is 16.2 Å². The second kappa shape index (κ2) is 5.40. The molecule has 1 aromatic carbocycles. The van der Waals surface area contributed by atoms with Gasteiger partial charge in [0.2, 0.25) is 0 Å². The van der Waals surface area contributed by atoms with E-state index in [1.165, 1.54) is 0 Å². The molecule has 0 saturated carbocycles. The number of benzene rings is 1. The van der Waals surface area contributed by atoms with Gasteiger partial charge in [-0.1, -0.05) is 0 Å². The number of ether oxygens (including phenoxy) is 1. The molecule has 0 aliphatic rings. The molecule has 0 saturated heterocycles. The monoisotopic (exact) mass is 381 g/mol. The van der Waals surface area contributed by atoms with E-state index in [0.29, 0.717) is 16.5 Å². The average Bonchev–Trinajstić information content (AvgIpc) is 2.71. The van der Waals surface area contributed by atoms with Crippen molar-refractivity contribution in [2.24, 2.45) is 0 Å². The van der Waals surface area contributed by atoms with Crippen molar-refractivity contribution in [1.82, 2.24) is 4.98 Å². The average molecular weight is 383 g/mol. The van der Waals surface area contributed by atoms with Crippen LogP contribution in [0, 0.1) is 6.92 Å². The summed E-state index contributed by atoms with van der Waals surface area (Å²) in [7, 11) is 3.18. The molecule has 102 valence electrons. The molecule has 0 radical (unpaired) electrons. The largest absolute Gasteiger partial charge is 0.496 e. The van der Waals surface area contributed by atoms with Crippen molar-refractivity contribution < 1.29 is 13.2 Å². The normalized spacial score (nSPS) is 11.6. The first-order valence-corrected chi connectivity index (χ1v) is 9.01. The minimum atomic E-state index is -3.75. The second-order valence-electron chi connectivity index (χ2n) is 3.68. The lowest BCUT2D eigenvalue weighted by Crippen LogP contribution is -1.88. The molecule has 0 atom stereocenters. The number of aryl methyl sites for hydroxylation is 1. The van der Waals surface area contributed by atoms with Gasteiger partial charge in [0.1, 0.15) is 10.8 Å². The van der Waals surface area contributed by atoms with Gasteiger partial charge >= 0.3 is 0 Å². The number of hydrogen-bond acceptors (Lipinski definition) is 5. The van der Waals surface area contributed by atoms with Gasteiger partial charge in [0.15, 0.2) is 4.21 Å². The highest BCUT2D eigenvalue weighted by Gasteiger charge is 2.20. The molecule has 0 unspecified atom stereocenters. The maximum absolute atomic E-state index is 11.4. The van der Waals surface area contributed by atoms with Crippen LogP contribution < -0.4 is 4.74 Å². The molecular formula is C11H9BrClNO3S2. The molecule has 0 bridgehead atoms. The molecule has 2 rings (SSSR count). The summed E-state index contributed by atoms with van der Waals surface area (Å²) in [5.74, 6) is 0.696. The Hall–Kier alpha value is -0.630. The van der Waals surface area contributed by atoms with Gasteiger partial charge in [-0.2, -0.15) is 0 Å². The van der Waals surface area contributed by atoms with Crippen molar-refractivity contribution in [2.75, 3.05) is 7.11 Å². The summed E-state index contributed by atoms with van der Waals surface area (Å²) in [6.07, 6.45) is 0. The van der Waals surface area contributed by atoms with Crippen LogP contribution in [0.5, 0.6) is 5.75 Å². The van der Waals surface area contributed by atoms with Crippen LogP contribution in [0.1, 0.15) is 5.69 Å². The van der Waals surface area contributed by atoms with Crippen LogP contribution in [0.2, 0.25) is 0 Å². The Bertz CT molecular complexity index is 728. The number of methoxy groups -OCH3 is 1. The molecule has 8 heteroatoms. The van der Waals surface area contributed by atoms with Gasteiger partial charge in [0.05, 0.1) is 17.3 Å². The van der Waals surface area contributed by atoms with E-state index >= 15 is 0 Å². The Morgan fingerprint density at radius 1 is 1.42 bits per heavy atom. The van der Waals surface area contributed by atoms with Crippen molar-refractivity contribution in [3.8, 4) is 16.3 Å². The first-order valence-electron chi connectivity index (χ1n) is 5.09. The molecule has 0 spiro atoms. The topological polar surface area (TPSA) is 56.3 Å². The summed E-state index contributed by atoms with van der Waals surface area (Å²) in [6.45, 7) is 1.62. The molecule has 0 fully saturated rings. The Morgan fingerprint density at radius 2 is 2.11 bits per heavy atom. The van der Waals surface area contributed by atoms with Crippen LogP contribution in [0.25, 0.3) is 10.6 Å². The zero-order valence-electron chi connectivity index (χ0n) is 9.98. The molecule has 0 amide bonds. The molecule has 0 aliphatic heterocycles. The highest BCUT2D eigenvalue weighted by Crippen LogP contribution is 2.36. The van der Waals surface area contributed by atoms with E-state index in [0.717, 1.165) is 21.4 Å². The van der Waals surface area contributed by atoms with Crippen molar-refractivity contribution in [3.63, 3.8) is 0 Å². The number of rotatable bonds is 3. The minimum Gasteiger partial charge on any atom is -0.496 e. The minimum absolute atomic E-state index is 0.0797. The Labute approximate surface area is 127 Å². The fraction of sp³-hybridized carbons (Fsp3) is 0.182. The summed E-state index contributed by atoms with van der Waals surface area (Å²) < 4.78 is 28.7. The SMILES string of the molecule is COc1ccc(-c2nc(C)c(S(=O)(=O)Cl)s2)cc1Br. The zero-order chi connectivity index (χ0) is 14.2. The number of aromatic nitrogens is 1. The lowest BCUT2D eigenvalue weighted by atomic mass is 10.2. The lowest BCUT2D eigenvalue weighted by Gasteiger charge is -2.04. The molecular weight excluding hydrogens is 374 g/mol. The highest BCUT2D eigenvalue weighted by atomic mass is 79.9. The van der Waals surface area contributed by atoms with Crippen LogP contribution in [0.3, 0.4) is 0 Å². The van der Waals surface area contributed by atoms with Gasteiger partial charge in [-0.3, -0.25) is 0 Å². The molecule has 0 N–H and O–H groups in total. The predicted octanol–water partition coefficient (Wildman–Crippen LogP) is 3.82. The first kappa shape index (κ1) is 14.8. The Morgan fingerprint density at radius 3 is 2.58 bits per heavy atom. The number of thiazole rings is 1. The third-order valence-electron chi connectivity index (χ3n) is 2.37. The highest BCUT2D eigenvalue weighted by molar-refractivity contribution is 9.10. The van der Waals surface area contributed by atoms with Crippen LogP contribution in [0.4, 0.5) is 0 Å². The van der Waals surface area contributed by atoms with Gasteiger partial charge < -0.3 is 4.74 Å². The van der Waals surface area contributed by atoms with Gasteiger partial charge in [-0.25, -0.2) is 13.4 Å². The third-order valence-corrected chi connectivity index (χ3v) is 6.38. The maximum atomic E-state index is 11.4. The zero-order valence-corrected chi connectivity index (χ0v) is 14.0. The van der Waals surface area contributed by atoms with Crippen LogP contribution >= 0.6 is 37.9 Å². The number of hydrogen-bond donors (Lipinski definition) is 0. The fourth-order valence-corrected chi connectivity index (χ4v) is 4.52. The van der Waals surface area contributed by atoms with E-state index in [1.807, 2.05) is 12.1 Å². The van der Waals surface area contributed by atoms with Crippen LogP contribution in [-0.4, -0.2) is 20.5 Å². The van der Waals surface area contributed by atoms with E-state index in [-0.39, 0.29) is 4.21 Å². The van der Waals surface area contributed by atoms with Crippen molar-refractivity contribution >= 4 is 47.0 Å². The van der Waals surface area contributed by atoms with E-state index in [2.05, 4.69) is 20.9 Å². The third kappa shape index (κ3) is 3.10. The molecule has 19 heavy (non-hydrogen) atoms. The standard InChI is InChI=1S/C11H9BrClNO3S2/c1-6-11(19(13,15)16)18-10(14-6)7-3-4-9(17-2)8(12)5-7/h3-5H,1-2H3. The van der Waals surface area contributed by atoms with E-state index in [1.54, 1.807) is 20.1 Å². The molecule has 0 aliphatic carbocycles. The summed E-state index contributed by atoms with van der Waals surface area (Å²) in [4.78, 5) is 4.24. The smallest absolute Gasteiger partial charge is 0.272 e. The van der Waals surface area contributed by atoms with Gasteiger partial charge in [0.25, 0.3) is 9.05 Å². The lowest BCUT2D eigenvalue weighted by molar-refractivity contribution is 0.412. The van der Waals surface area contributed by atoms with Crippen molar-refractivity contribution in [2.45, 2.75) is 11.1 Å². The maximum Gasteiger partial charge on any atom is 0.272 e. The van der Waals surface area contributed by atoms with Crippen LogP contribution in [0.15, 0.2) is 26.9 Å². The summed E-state index contributed by atoms with van der Waals surface area (Å²) in [5.41, 5.74) is 1.20. The molecule has 1 heterocycles. The molecule has 1 aromatic heterocycles. The van der Waals surface area contributed by atoms with Crippen molar-refractivity contribution in [3.05, 3.63) is 28.4 Å². The summed E-state index contributed by atoms with van der Waals surface area (Å²) >= 11 is 4.43. The number of nitrogens with zero attached hydrogens (tertiary/aromatic N) is 1. The summed E-state index contributed by atoms with van der Waals surface area (Å²) in [5, 5.41) is 0.597. The van der Waals surface area contributed by atoms with Gasteiger partial charge in [-0.15, -0.1) is 11.3 Å². The fourth-order valence-electron chi connectivity index (χ4n) is 1.53. The quantitative estimate of drug-likeness (QED) is 0.757. The first-order chi connectivity index (χ1) is 8.82. The van der Waals surface area contributed by atoms with Gasteiger partial charge in [-0.05, 0) is 41.1 Å². The van der Waals surface area contributed by atoms with Crippen molar-refractivity contribution in [1.29, 1.82) is 0 Å². The van der Waals surface area contributed by atoms with Crippen LogP contribution in [-0.2, 0) is 9.05 Å². The molecule has 4 nitrogen and oxygen atoms in total. The second-order valence-corrected chi connectivity index (χ2v) is 8.29. The van der Waals surface area contributed by atoms with E-state index in [4.69, 9.17) is 15.4 Å².